The number of aliphatic hydroxyl groups excluding tert-OH is 1. The van der Waals surface area contributed by atoms with Gasteiger partial charge in [-0.15, -0.1) is 24.0 Å². The number of hydrogen-bond acceptors (Lipinski definition) is 4. The van der Waals surface area contributed by atoms with E-state index in [1.54, 1.807) is 0 Å². The normalized spacial score (nSPS) is 21.7. The third-order valence-electron chi connectivity index (χ3n) is 5.69. The summed E-state index contributed by atoms with van der Waals surface area (Å²) in [6, 6.07) is 8.48. The molecule has 3 rings (SSSR count). The second-order valence-electron chi connectivity index (χ2n) is 7.82. The highest BCUT2D eigenvalue weighted by atomic mass is 127. The predicted molar refractivity (Wildman–Crippen MR) is 129 cm³/mol. The number of benzene rings is 1. The van der Waals surface area contributed by atoms with Gasteiger partial charge < -0.3 is 25.0 Å². The van der Waals surface area contributed by atoms with Crippen LogP contribution in [0.25, 0.3) is 0 Å². The second kappa shape index (κ2) is 12.7. The fraction of sp³-hybridized carbons (Fsp3) is 0.682. The van der Waals surface area contributed by atoms with E-state index in [0.29, 0.717) is 0 Å². The predicted octanol–water partition coefficient (Wildman–Crippen LogP) is 2.80. The number of guanidine groups is 1. The molecule has 2 aliphatic heterocycles. The Balaban J connectivity index is 0.00000300. The number of aliphatic imine (C=N–C) groups is 1. The summed E-state index contributed by atoms with van der Waals surface area (Å²) < 4.78 is 6.07. The number of piperidine rings is 1. The van der Waals surface area contributed by atoms with Gasteiger partial charge in [0.05, 0.1) is 19.3 Å². The van der Waals surface area contributed by atoms with Crippen LogP contribution in [0.5, 0.6) is 0 Å². The van der Waals surface area contributed by atoms with Crippen molar-refractivity contribution >= 4 is 29.9 Å². The van der Waals surface area contributed by atoms with E-state index in [1.807, 2.05) is 0 Å². The van der Waals surface area contributed by atoms with Crippen molar-refractivity contribution in [1.29, 1.82) is 0 Å². The molecule has 7 heteroatoms. The van der Waals surface area contributed by atoms with Crippen molar-refractivity contribution in [3.05, 3.63) is 35.4 Å². The summed E-state index contributed by atoms with van der Waals surface area (Å²) in [6.07, 6.45) is 2.85. The molecule has 0 amide bonds. The molecular weight excluding hydrogens is 479 g/mol. The number of nitrogens with one attached hydrogen (secondary N) is 1. The van der Waals surface area contributed by atoms with Crippen LogP contribution < -0.4 is 5.32 Å². The van der Waals surface area contributed by atoms with Gasteiger partial charge >= 0.3 is 0 Å². The zero-order valence-corrected chi connectivity index (χ0v) is 20.2. The van der Waals surface area contributed by atoms with Crippen molar-refractivity contribution in [3.63, 3.8) is 0 Å². The van der Waals surface area contributed by atoms with E-state index in [-0.39, 0.29) is 36.2 Å². The molecule has 6 nitrogen and oxygen atoms in total. The van der Waals surface area contributed by atoms with Crippen LogP contribution in [0.3, 0.4) is 0 Å². The summed E-state index contributed by atoms with van der Waals surface area (Å²) in [7, 11) is 0. The Hall–Kier alpha value is -0.900. The Kier molecular flexibility index (Phi) is 10.7. The van der Waals surface area contributed by atoms with E-state index < -0.39 is 0 Å². The van der Waals surface area contributed by atoms with Crippen molar-refractivity contribution in [2.45, 2.75) is 45.3 Å². The van der Waals surface area contributed by atoms with E-state index in [0.717, 1.165) is 77.6 Å². The van der Waals surface area contributed by atoms with E-state index >= 15 is 0 Å². The highest BCUT2D eigenvalue weighted by Crippen LogP contribution is 2.25. The molecule has 0 bridgehead atoms. The molecule has 2 aliphatic rings. The number of hydrogen-bond donors (Lipinski definition) is 2. The van der Waals surface area contributed by atoms with Gasteiger partial charge in [0.15, 0.2) is 5.96 Å². The van der Waals surface area contributed by atoms with Gasteiger partial charge in [0.1, 0.15) is 6.10 Å². The highest BCUT2D eigenvalue weighted by Gasteiger charge is 2.25. The number of aryl methyl sites for hydroxylation is 1. The first-order valence-electron chi connectivity index (χ1n) is 10.8. The molecule has 1 atom stereocenters. The minimum absolute atomic E-state index is 0. The van der Waals surface area contributed by atoms with Gasteiger partial charge in [-0.2, -0.15) is 0 Å². The van der Waals surface area contributed by atoms with Gasteiger partial charge in [-0.3, -0.25) is 4.99 Å². The number of aliphatic hydroxyl groups is 1. The summed E-state index contributed by atoms with van der Waals surface area (Å²) in [6.45, 7) is 11.5. The monoisotopic (exact) mass is 516 g/mol. The minimum atomic E-state index is -0.0999. The molecule has 2 heterocycles. The molecule has 1 unspecified atom stereocenters. The summed E-state index contributed by atoms with van der Waals surface area (Å²) in [5, 5.41) is 13.1. The fourth-order valence-corrected chi connectivity index (χ4v) is 4.03. The topological polar surface area (TPSA) is 60.3 Å². The summed E-state index contributed by atoms with van der Waals surface area (Å²) >= 11 is 0. The first-order chi connectivity index (χ1) is 13.7. The molecule has 1 aromatic rings. The van der Waals surface area contributed by atoms with Crippen LogP contribution in [0.4, 0.5) is 0 Å². The Labute approximate surface area is 192 Å². The number of nitrogens with zero attached hydrogens (tertiary/aromatic N) is 3. The van der Waals surface area contributed by atoms with E-state index in [2.05, 4.69) is 53.2 Å². The van der Waals surface area contributed by atoms with Crippen molar-refractivity contribution in [3.8, 4) is 0 Å². The van der Waals surface area contributed by atoms with Gasteiger partial charge in [0, 0.05) is 32.7 Å². The Morgan fingerprint density at radius 2 is 2.00 bits per heavy atom. The summed E-state index contributed by atoms with van der Waals surface area (Å²) in [5.41, 5.74) is 2.55. The van der Waals surface area contributed by atoms with E-state index in [1.165, 1.54) is 11.1 Å². The van der Waals surface area contributed by atoms with Gasteiger partial charge in [-0.05, 0) is 50.8 Å². The quantitative estimate of drug-likeness (QED) is 0.264. The number of morpholine rings is 1. The van der Waals surface area contributed by atoms with Crippen molar-refractivity contribution in [2.75, 3.05) is 52.4 Å². The van der Waals surface area contributed by atoms with Crippen LogP contribution >= 0.6 is 24.0 Å². The largest absolute Gasteiger partial charge is 0.393 e. The van der Waals surface area contributed by atoms with Crippen molar-refractivity contribution < 1.29 is 9.84 Å². The smallest absolute Gasteiger partial charge is 0.194 e. The molecule has 2 saturated heterocycles. The fourth-order valence-electron chi connectivity index (χ4n) is 4.03. The molecule has 0 aromatic heterocycles. The molecule has 2 fully saturated rings. The van der Waals surface area contributed by atoms with Crippen LogP contribution in [-0.4, -0.2) is 79.4 Å². The Bertz CT molecular complexity index is 635. The molecule has 29 heavy (non-hydrogen) atoms. The number of ether oxygens (including phenoxy) is 1. The molecule has 164 valence electrons. The summed E-state index contributed by atoms with van der Waals surface area (Å²) in [5.74, 6) is 0.999. The standard InChI is InChI=1S/C22H36N4O2.HI/c1-3-23-22(24-11-6-12-25-13-9-19(27)10-14-25)26-15-16-28-21(17-26)20-8-5-4-7-18(20)2;/h4-5,7-8,19,21,27H,3,6,9-17H2,1-2H3,(H,23,24);1H. The number of rotatable bonds is 6. The van der Waals surface area contributed by atoms with Crippen molar-refractivity contribution in [1.82, 2.24) is 15.1 Å². The molecular formula is C22H37IN4O2. The maximum absolute atomic E-state index is 9.62. The molecule has 0 saturated carbocycles. The molecule has 2 N–H and O–H groups in total. The van der Waals surface area contributed by atoms with Crippen LogP contribution in [-0.2, 0) is 4.74 Å². The van der Waals surface area contributed by atoms with Gasteiger partial charge in [0.2, 0.25) is 0 Å². The maximum atomic E-state index is 9.62. The average Bonchev–Trinajstić information content (AvgIpc) is 2.72. The van der Waals surface area contributed by atoms with E-state index in [4.69, 9.17) is 9.73 Å². The lowest BCUT2D eigenvalue weighted by Crippen LogP contribution is -2.48. The first kappa shape index (κ1) is 24.4. The van der Waals surface area contributed by atoms with Gasteiger partial charge in [-0.1, -0.05) is 24.3 Å². The Morgan fingerprint density at radius 1 is 1.24 bits per heavy atom. The van der Waals surface area contributed by atoms with Crippen LogP contribution in [0.2, 0.25) is 0 Å². The Morgan fingerprint density at radius 3 is 2.72 bits per heavy atom. The molecule has 1 aromatic carbocycles. The number of likely N-dealkylation sites (tertiary alicyclic amines) is 1. The van der Waals surface area contributed by atoms with E-state index in [9.17, 15) is 5.11 Å². The zero-order valence-electron chi connectivity index (χ0n) is 17.8. The van der Waals surface area contributed by atoms with Crippen LogP contribution in [0.1, 0.15) is 43.4 Å². The average molecular weight is 516 g/mol. The van der Waals surface area contributed by atoms with Gasteiger partial charge in [-0.25, -0.2) is 0 Å². The second-order valence-corrected chi connectivity index (χ2v) is 7.82. The highest BCUT2D eigenvalue weighted by molar-refractivity contribution is 14.0. The van der Waals surface area contributed by atoms with Crippen LogP contribution in [0.15, 0.2) is 29.3 Å². The molecule has 0 spiro atoms. The third kappa shape index (κ3) is 7.38. The lowest BCUT2D eigenvalue weighted by molar-refractivity contribution is -0.00833. The SMILES string of the molecule is CCNC(=NCCCN1CCC(O)CC1)N1CCOC(c2ccccc2C)C1.I. The van der Waals surface area contributed by atoms with Gasteiger partial charge in [0.25, 0.3) is 0 Å². The lowest BCUT2D eigenvalue weighted by atomic mass is 10.0. The third-order valence-corrected chi connectivity index (χ3v) is 5.69. The molecule has 0 radical (unpaired) electrons. The zero-order chi connectivity index (χ0) is 19.8. The first-order valence-corrected chi connectivity index (χ1v) is 10.8. The molecule has 0 aliphatic carbocycles. The summed E-state index contributed by atoms with van der Waals surface area (Å²) in [4.78, 5) is 9.66. The van der Waals surface area contributed by atoms with Crippen molar-refractivity contribution in [2.24, 2.45) is 4.99 Å². The lowest BCUT2D eigenvalue weighted by Gasteiger charge is -2.36. The minimum Gasteiger partial charge on any atom is -0.393 e. The maximum Gasteiger partial charge on any atom is 0.194 e. The number of halogens is 1. The van der Waals surface area contributed by atoms with Crippen LogP contribution in [0, 0.1) is 6.92 Å².